The quantitative estimate of drug-likeness (QED) is 0.411. The number of esters is 2. The van der Waals surface area contributed by atoms with E-state index in [0.29, 0.717) is 16.9 Å². The van der Waals surface area contributed by atoms with Crippen LogP contribution in [0.25, 0.3) is 0 Å². The van der Waals surface area contributed by atoms with Gasteiger partial charge in [-0.25, -0.2) is 13.2 Å². The van der Waals surface area contributed by atoms with Gasteiger partial charge in [-0.2, -0.15) is 4.31 Å². The van der Waals surface area contributed by atoms with Gasteiger partial charge in [0, 0.05) is 24.2 Å². The fraction of sp³-hybridized carbons (Fsp3) is 0.375. The monoisotopic (exact) mass is 489 g/mol. The number of piperidine rings is 1. The van der Waals surface area contributed by atoms with Gasteiger partial charge < -0.3 is 14.2 Å². The summed E-state index contributed by atoms with van der Waals surface area (Å²) in [6.07, 6.45) is 0.562. The number of carbonyl (C=O) groups is 3. The number of nitrogens with zero attached hydrogens (tertiary/aromatic N) is 1. The third-order valence-electron chi connectivity index (χ3n) is 5.75. The SMILES string of the molecule is COC(=O)c1ccccc1S(=O)(=O)N1CCC(C(=O)OCc2cc(C(C)=O)ccc2OC)CC1. The first-order chi connectivity index (χ1) is 16.2. The van der Waals surface area contributed by atoms with E-state index in [2.05, 4.69) is 0 Å². The maximum absolute atomic E-state index is 13.1. The Hall–Kier alpha value is -3.24. The fourth-order valence-electron chi connectivity index (χ4n) is 3.82. The standard InChI is InChI=1S/C24H27NO8S/c1-16(26)18-8-9-21(31-2)19(14-18)15-33-23(27)17-10-12-25(13-11-17)34(29,30)22-7-5-4-6-20(22)24(28)32-3/h4-9,14,17H,10-13,15H2,1-3H3. The molecule has 3 rings (SSSR count). The number of Topliss-reactive ketones (excluding diaryl/α,β-unsaturated/α-hetero) is 1. The minimum absolute atomic E-state index is 0.0340. The van der Waals surface area contributed by atoms with Crippen molar-refractivity contribution in [3.8, 4) is 5.75 Å². The van der Waals surface area contributed by atoms with Gasteiger partial charge in [0.25, 0.3) is 0 Å². The summed E-state index contributed by atoms with van der Waals surface area (Å²) in [6, 6.07) is 10.8. The second kappa shape index (κ2) is 10.8. The summed E-state index contributed by atoms with van der Waals surface area (Å²) in [6.45, 7) is 1.61. The first kappa shape index (κ1) is 25.4. The van der Waals surface area contributed by atoms with Crippen molar-refractivity contribution in [1.82, 2.24) is 4.31 Å². The predicted octanol–water partition coefficient (Wildman–Crippen LogP) is 2.83. The highest BCUT2D eigenvalue weighted by Crippen LogP contribution is 2.28. The van der Waals surface area contributed by atoms with Crippen LogP contribution >= 0.6 is 0 Å². The Morgan fingerprint density at radius 3 is 2.32 bits per heavy atom. The van der Waals surface area contributed by atoms with Crippen LogP contribution in [0.1, 0.15) is 46.0 Å². The van der Waals surface area contributed by atoms with E-state index >= 15 is 0 Å². The maximum atomic E-state index is 13.1. The van der Waals surface area contributed by atoms with Crippen LogP contribution in [0.2, 0.25) is 0 Å². The summed E-state index contributed by atoms with van der Waals surface area (Å²) < 4.78 is 43.0. The van der Waals surface area contributed by atoms with E-state index in [0.717, 1.165) is 0 Å². The molecule has 182 valence electrons. The van der Waals surface area contributed by atoms with Crippen molar-refractivity contribution in [3.05, 3.63) is 59.2 Å². The van der Waals surface area contributed by atoms with Crippen molar-refractivity contribution in [2.24, 2.45) is 5.92 Å². The van der Waals surface area contributed by atoms with Gasteiger partial charge in [-0.05, 0) is 50.1 Å². The van der Waals surface area contributed by atoms with E-state index in [-0.39, 0.29) is 48.8 Å². The minimum atomic E-state index is -3.94. The molecule has 0 saturated carbocycles. The molecule has 0 spiro atoms. The molecule has 1 fully saturated rings. The lowest BCUT2D eigenvalue weighted by atomic mass is 9.98. The van der Waals surface area contributed by atoms with Crippen molar-refractivity contribution in [2.75, 3.05) is 27.3 Å². The van der Waals surface area contributed by atoms with Gasteiger partial charge in [-0.3, -0.25) is 9.59 Å². The van der Waals surface area contributed by atoms with Crippen LogP contribution in [-0.2, 0) is 30.9 Å². The average molecular weight is 490 g/mol. The van der Waals surface area contributed by atoms with Gasteiger partial charge in [0.15, 0.2) is 5.78 Å². The van der Waals surface area contributed by atoms with Gasteiger partial charge >= 0.3 is 11.9 Å². The highest BCUT2D eigenvalue weighted by molar-refractivity contribution is 7.89. The number of methoxy groups -OCH3 is 2. The topological polar surface area (TPSA) is 116 Å². The van der Waals surface area contributed by atoms with E-state index in [9.17, 15) is 22.8 Å². The molecule has 2 aromatic carbocycles. The van der Waals surface area contributed by atoms with Crippen molar-refractivity contribution in [3.63, 3.8) is 0 Å². The number of ketones is 1. The van der Waals surface area contributed by atoms with Crippen molar-refractivity contribution >= 4 is 27.7 Å². The summed E-state index contributed by atoms with van der Waals surface area (Å²) in [5.74, 6) is -1.26. The van der Waals surface area contributed by atoms with Crippen LogP contribution in [0, 0.1) is 5.92 Å². The van der Waals surface area contributed by atoms with Crippen LogP contribution in [0.4, 0.5) is 0 Å². The zero-order valence-corrected chi connectivity index (χ0v) is 20.1. The van der Waals surface area contributed by atoms with Crippen LogP contribution in [-0.4, -0.2) is 57.8 Å². The predicted molar refractivity (Wildman–Crippen MR) is 122 cm³/mol. The summed E-state index contributed by atoms with van der Waals surface area (Å²) >= 11 is 0. The molecule has 10 heteroatoms. The smallest absolute Gasteiger partial charge is 0.339 e. The van der Waals surface area contributed by atoms with E-state index in [1.807, 2.05) is 0 Å². The molecule has 1 aliphatic rings. The number of ether oxygens (including phenoxy) is 3. The molecule has 0 atom stereocenters. The molecule has 0 radical (unpaired) electrons. The second-order valence-corrected chi connectivity index (χ2v) is 9.76. The second-order valence-electron chi connectivity index (χ2n) is 7.86. The van der Waals surface area contributed by atoms with Crippen molar-refractivity contribution in [1.29, 1.82) is 0 Å². The van der Waals surface area contributed by atoms with E-state index < -0.39 is 27.9 Å². The molecule has 0 bridgehead atoms. The zero-order valence-electron chi connectivity index (χ0n) is 19.3. The molecule has 0 unspecified atom stereocenters. The molecule has 2 aromatic rings. The van der Waals surface area contributed by atoms with E-state index in [1.54, 1.807) is 30.3 Å². The molecule has 0 aliphatic carbocycles. The first-order valence-electron chi connectivity index (χ1n) is 10.7. The summed E-state index contributed by atoms with van der Waals surface area (Å²) in [4.78, 5) is 36.2. The summed E-state index contributed by atoms with van der Waals surface area (Å²) in [5.41, 5.74) is 1.02. The van der Waals surface area contributed by atoms with Gasteiger partial charge in [0.05, 0.1) is 30.6 Å². The van der Waals surface area contributed by atoms with E-state index in [1.165, 1.54) is 37.6 Å². The first-order valence-corrected chi connectivity index (χ1v) is 12.1. The number of hydrogen-bond donors (Lipinski definition) is 0. The highest BCUT2D eigenvalue weighted by Gasteiger charge is 2.35. The minimum Gasteiger partial charge on any atom is -0.496 e. The van der Waals surface area contributed by atoms with Gasteiger partial charge in [0.1, 0.15) is 12.4 Å². The number of sulfonamides is 1. The van der Waals surface area contributed by atoms with Crippen molar-refractivity contribution in [2.45, 2.75) is 31.3 Å². The molecule has 1 aliphatic heterocycles. The van der Waals surface area contributed by atoms with Crippen LogP contribution in [0.3, 0.4) is 0 Å². The number of rotatable bonds is 8. The van der Waals surface area contributed by atoms with Crippen molar-refractivity contribution < 1.29 is 37.0 Å². The normalized spacial score (nSPS) is 14.9. The molecule has 0 N–H and O–H groups in total. The van der Waals surface area contributed by atoms with Crippen LogP contribution in [0.5, 0.6) is 5.75 Å². The Kier molecular flexibility index (Phi) is 8.06. The Labute approximate surface area is 198 Å². The lowest BCUT2D eigenvalue weighted by molar-refractivity contribution is -0.151. The van der Waals surface area contributed by atoms with Crippen LogP contribution < -0.4 is 4.74 Å². The summed E-state index contributed by atoms with van der Waals surface area (Å²) in [5, 5.41) is 0. The third kappa shape index (κ3) is 5.45. The Morgan fingerprint density at radius 1 is 1.03 bits per heavy atom. The van der Waals surface area contributed by atoms with E-state index in [4.69, 9.17) is 14.2 Å². The van der Waals surface area contributed by atoms with Crippen LogP contribution in [0.15, 0.2) is 47.4 Å². The molecular weight excluding hydrogens is 462 g/mol. The highest BCUT2D eigenvalue weighted by atomic mass is 32.2. The Balaban J connectivity index is 1.64. The number of benzene rings is 2. The lowest BCUT2D eigenvalue weighted by Gasteiger charge is -2.30. The largest absolute Gasteiger partial charge is 0.496 e. The van der Waals surface area contributed by atoms with Gasteiger partial charge in [-0.1, -0.05) is 12.1 Å². The lowest BCUT2D eigenvalue weighted by Crippen LogP contribution is -2.41. The molecule has 9 nitrogen and oxygen atoms in total. The third-order valence-corrected chi connectivity index (χ3v) is 7.71. The molecule has 34 heavy (non-hydrogen) atoms. The molecular formula is C24H27NO8S. The molecule has 1 saturated heterocycles. The molecule has 0 amide bonds. The summed E-state index contributed by atoms with van der Waals surface area (Å²) in [7, 11) is -1.26. The maximum Gasteiger partial charge on any atom is 0.339 e. The number of carbonyl (C=O) groups excluding carboxylic acids is 3. The van der Waals surface area contributed by atoms with Gasteiger partial charge in [0.2, 0.25) is 10.0 Å². The van der Waals surface area contributed by atoms with Gasteiger partial charge in [-0.15, -0.1) is 0 Å². The number of hydrogen-bond acceptors (Lipinski definition) is 8. The zero-order chi connectivity index (χ0) is 24.9. The Morgan fingerprint density at radius 2 is 1.71 bits per heavy atom. The molecule has 0 aromatic heterocycles. The fourth-order valence-corrected chi connectivity index (χ4v) is 5.47. The Bertz CT molecular complexity index is 1180. The molecule has 1 heterocycles. The average Bonchev–Trinajstić information content (AvgIpc) is 2.86.